The monoisotopic (exact) mass is 276 g/mol. The molecule has 4 nitrogen and oxygen atoms in total. The van der Waals surface area contributed by atoms with Crippen LogP contribution in [0.25, 0.3) is 0 Å². The number of aryl methyl sites for hydroxylation is 1. The van der Waals surface area contributed by atoms with Crippen LogP contribution in [-0.4, -0.2) is 36.5 Å². The molecule has 1 unspecified atom stereocenters. The van der Waals surface area contributed by atoms with Crippen LogP contribution in [0.1, 0.15) is 25.3 Å². The first kappa shape index (κ1) is 14.9. The molecule has 0 radical (unpaired) electrons. The standard InChI is InChI=1S/C16H24N2O2/c1-12-4-8-14(9-5-12)20-11-10-18(3)15(19)16(2,17)13-6-7-13/h4-5,8-9,13H,6-7,10-11,17H2,1-3H3. The molecule has 0 spiro atoms. The Bertz CT molecular complexity index is 464. The molecular weight excluding hydrogens is 252 g/mol. The molecule has 1 atom stereocenters. The highest BCUT2D eigenvalue weighted by molar-refractivity contribution is 5.86. The van der Waals surface area contributed by atoms with Crippen LogP contribution >= 0.6 is 0 Å². The quantitative estimate of drug-likeness (QED) is 0.864. The number of likely N-dealkylation sites (N-methyl/N-ethyl adjacent to an activating group) is 1. The van der Waals surface area contributed by atoms with E-state index in [-0.39, 0.29) is 5.91 Å². The van der Waals surface area contributed by atoms with E-state index in [1.165, 1.54) is 5.56 Å². The number of benzene rings is 1. The van der Waals surface area contributed by atoms with E-state index >= 15 is 0 Å². The van der Waals surface area contributed by atoms with Crippen LogP contribution in [-0.2, 0) is 4.79 Å². The molecule has 20 heavy (non-hydrogen) atoms. The summed E-state index contributed by atoms with van der Waals surface area (Å²) in [5.41, 5.74) is 6.61. The zero-order valence-corrected chi connectivity index (χ0v) is 12.6. The normalized spacial score (nSPS) is 17.4. The summed E-state index contributed by atoms with van der Waals surface area (Å²) in [6.07, 6.45) is 2.12. The van der Waals surface area contributed by atoms with Gasteiger partial charge < -0.3 is 15.4 Å². The average Bonchev–Trinajstić information content (AvgIpc) is 3.24. The molecule has 110 valence electrons. The summed E-state index contributed by atoms with van der Waals surface area (Å²) in [6, 6.07) is 7.89. The summed E-state index contributed by atoms with van der Waals surface area (Å²) in [5.74, 6) is 1.18. The second-order valence-electron chi connectivity index (χ2n) is 5.95. The van der Waals surface area contributed by atoms with Crippen molar-refractivity contribution in [2.24, 2.45) is 11.7 Å². The number of carbonyl (C=O) groups is 1. The Morgan fingerprint density at radius 3 is 2.55 bits per heavy atom. The Hall–Kier alpha value is -1.55. The lowest BCUT2D eigenvalue weighted by Gasteiger charge is -2.29. The fourth-order valence-corrected chi connectivity index (χ4v) is 2.31. The largest absolute Gasteiger partial charge is 0.492 e. The van der Waals surface area contributed by atoms with Gasteiger partial charge in [0.15, 0.2) is 0 Å². The van der Waals surface area contributed by atoms with Crippen molar-refractivity contribution in [1.82, 2.24) is 4.90 Å². The van der Waals surface area contributed by atoms with Crippen molar-refractivity contribution in [1.29, 1.82) is 0 Å². The minimum absolute atomic E-state index is 0.00695. The van der Waals surface area contributed by atoms with Gasteiger partial charge in [0.05, 0.1) is 12.1 Å². The molecule has 0 aliphatic heterocycles. The smallest absolute Gasteiger partial charge is 0.242 e. The SMILES string of the molecule is Cc1ccc(OCCN(C)C(=O)C(C)(N)C2CC2)cc1. The van der Waals surface area contributed by atoms with Gasteiger partial charge in [-0.15, -0.1) is 0 Å². The fourth-order valence-electron chi connectivity index (χ4n) is 2.31. The molecule has 4 heteroatoms. The van der Waals surface area contributed by atoms with E-state index in [9.17, 15) is 4.79 Å². The third kappa shape index (κ3) is 3.51. The highest BCUT2D eigenvalue weighted by Crippen LogP contribution is 2.38. The van der Waals surface area contributed by atoms with Gasteiger partial charge in [0, 0.05) is 7.05 Å². The molecule has 1 aliphatic rings. The molecule has 0 aromatic heterocycles. The zero-order valence-electron chi connectivity index (χ0n) is 12.6. The van der Waals surface area contributed by atoms with Gasteiger partial charge in [-0.2, -0.15) is 0 Å². The summed E-state index contributed by atoms with van der Waals surface area (Å²) in [4.78, 5) is 14.0. The molecule has 0 saturated heterocycles. The van der Waals surface area contributed by atoms with Gasteiger partial charge in [-0.3, -0.25) is 4.79 Å². The molecule has 2 N–H and O–H groups in total. The molecule has 1 fully saturated rings. The predicted molar refractivity (Wildman–Crippen MR) is 79.6 cm³/mol. The third-order valence-electron chi connectivity index (χ3n) is 3.95. The van der Waals surface area contributed by atoms with Gasteiger partial charge in [-0.05, 0) is 44.7 Å². The topological polar surface area (TPSA) is 55.6 Å². The first-order chi connectivity index (χ1) is 9.41. The van der Waals surface area contributed by atoms with Crippen molar-refractivity contribution in [2.75, 3.05) is 20.2 Å². The third-order valence-corrected chi connectivity index (χ3v) is 3.95. The molecule has 2 rings (SSSR count). The van der Waals surface area contributed by atoms with Gasteiger partial charge in [0.2, 0.25) is 5.91 Å². The fraction of sp³-hybridized carbons (Fsp3) is 0.562. The Balaban J connectivity index is 1.78. The van der Waals surface area contributed by atoms with E-state index in [0.29, 0.717) is 19.1 Å². The average molecular weight is 276 g/mol. The maximum atomic E-state index is 12.3. The van der Waals surface area contributed by atoms with Crippen molar-refractivity contribution < 1.29 is 9.53 Å². The van der Waals surface area contributed by atoms with Crippen LogP contribution in [0, 0.1) is 12.8 Å². The molecule has 1 aliphatic carbocycles. The van der Waals surface area contributed by atoms with Crippen molar-refractivity contribution in [2.45, 2.75) is 32.2 Å². The van der Waals surface area contributed by atoms with Crippen LogP contribution in [0.5, 0.6) is 5.75 Å². The Kier molecular flexibility index (Phi) is 4.33. The number of rotatable bonds is 6. The minimum atomic E-state index is -0.724. The Morgan fingerprint density at radius 1 is 1.40 bits per heavy atom. The summed E-state index contributed by atoms with van der Waals surface area (Å²) < 4.78 is 5.64. The zero-order chi connectivity index (χ0) is 14.8. The number of nitrogens with two attached hydrogens (primary N) is 1. The van der Waals surface area contributed by atoms with Gasteiger partial charge in [0.25, 0.3) is 0 Å². The van der Waals surface area contributed by atoms with Crippen molar-refractivity contribution >= 4 is 5.91 Å². The summed E-state index contributed by atoms with van der Waals surface area (Å²) >= 11 is 0. The van der Waals surface area contributed by atoms with Gasteiger partial charge in [0.1, 0.15) is 12.4 Å². The number of hydrogen-bond donors (Lipinski definition) is 1. The molecule has 1 amide bonds. The van der Waals surface area contributed by atoms with E-state index < -0.39 is 5.54 Å². The van der Waals surface area contributed by atoms with Crippen LogP contribution in [0.15, 0.2) is 24.3 Å². The van der Waals surface area contributed by atoms with Crippen LogP contribution in [0.4, 0.5) is 0 Å². The van der Waals surface area contributed by atoms with Crippen LogP contribution in [0.2, 0.25) is 0 Å². The van der Waals surface area contributed by atoms with Crippen LogP contribution in [0.3, 0.4) is 0 Å². The van der Waals surface area contributed by atoms with E-state index in [1.807, 2.05) is 38.1 Å². The summed E-state index contributed by atoms with van der Waals surface area (Å²) in [7, 11) is 1.79. The van der Waals surface area contributed by atoms with E-state index in [2.05, 4.69) is 0 Å². The minimum Gasteiger partial charge on any atom is -0.492 e. The highest BCUT2D eigenvalue weighted by Gasteiger charge is 2.45. The number of nitrogens with zero attached hydrogens (tertiary/aromatic N) is 1. The van der Waals surface area contributed by atoms with Gasteiger partial charge in [-0.25, -0.2) is 0 Å². The molecule has 0 bridgehead atoms. The van der Waals surface area contributed by atoms with Crippen molar-refractivity contribution in [3.63, 3.8) is 0 Å². The lowest BCUT2D eigenvalue weighted by atomic mass is 9.95. The predicted octanol–water partition coefficient (Wildman–Crippen LogP) is 1.96. The number of hydrogen-bond acceptors (Lipinski definition) is 3. The van der Waals surface area contributed by atoms with Crippen molar-refractivity contribution in [3.05, 3.63) is 29.8 Å². The second kappa shape index (κ2) is 5.83. The molecule has 1 aromatic carbocycles. The highest BCUT2D eigenvalue weighted by atomic mass is 16.5. The van der Waals surface area contributed by atoms with E-state index in [4.69, 9.17) is 10.5 Å². The molecular formula is C16H24N2O2. The maximum absolute atomic E-state index is 12.3. The van der Waals surface area contributed by atoms with E-state index in [0.717, 1.165) is 18.6 Å². The summed E-state index contributed by atoms with van der Waals surface area (Å²) in [5, 5.41) is 0. The molecule has 0 heterocycles. The van der Waals surface area contributed by atoms with Crippen molar-refractivity contribution in [3.8, 4) is 5.75 Å². The van der Waals surface area contributed by atoms with Crippen LogP contribution < -0.4 is 10.5 Å². The first-order valence-corrected chi connectivity index (χ1v) is 7.15. The maximum Gasteiger partial charge on any atom is 0.242 e. The Morgan fingerprint density at radius 2 is 2.00 bits per heavy atom. The lowest BCUT2D eigenvalue weighted by molar-refractivity contribution is -0.136. The van der Waals surface area contributed by atoms with Gasteiger partial charge in [-0.1, -0.05) is 17.7 Å². The lowest BCUT2D eigenvalue weighted by Crippen LogP contribution is -2.54. The Labute approximate surface area is 120 Å². The molecule has 1 saturated carbocycles. The van der Waals surface area contributed by atoms with E-state index in [1.54, 1.807) is 11.9 Å². The summed E-state index contributed by atoms with van der Waals surface area (Å²) in [6.45, 7) is 4.90. The number of carbonyl (C=O) groups excluding carboxylic acids is 1. The second-order valence-corrected chi connectivity index (χ2v) is 5.95. The number of ether oxygens (including phenoxy) is 1. The number of amides is 1. The first-order valence-electron chi connectivity index (χ1n) is 7.15. The van der Waals surface area contributed by atoms with Gasteiger partial charge >= 0.3 is 0 Å². The molecule has 1 aromatic rings.